The van der Waals surface area contributed by atoms with Crippen molar-refractivity contribution in [2.24, 2.45) is 17.6 Å². The van der Waals surface area contributed by atoms with Gasteiger partial charge in [0.05, 0.1) is 4.90 Å². The monoisotopic (exact) mass is 393 g/mol. The molecule has 148 valence electrons. The van der Waals surface area contributed by atoms with Crippen molar-refractivity contribution in [2.45, 2.75) is 43.4 Å². The van der Waals surface area contributed by atoms with E-state index in [1.54, 1.807) is 17.0 Å². The van der Waals surface area contributed by atoms with E-state index in [1.165, 1.54) is 12.1 Å². The van der Waals surface area contributed by atoms with Crippen LogP contribution in [0.5, 0.6) is 0 Å². The summed E-state index contributed by atoms with van der Waals surface area (Å²) in [5.41, 5.74) is 5.59. The molecule has 1 atom stereocenters. The van der Waals surface area contributed by atoms with E-state index >= 15 is 0 Å². The molecular weight excluding hydrogens is 366 g/mol. The summed E-state index contributed by atoms with van der Waals surface area (Å²) in [6.07, 6.45) is 4.97. The SMILES string of the molecule is NC(=O)CCC1CCCN(C(=O)c2cccc(S(=O)(=O)NCC3CC3)c2)C1. The van der Waals surface area contributed by atoms with E-state index in [-0.39, 0.29) is 22.6 Å². The fraction of sp³-hybridized carbons (Fsp3) is 0.579. The molecule has 2 aliphatic rings. The second-order valence-corrected chi connectivity index (χ2v) is 9.35. The smallest absolute Gasteiger partial charge is 0.253 e. The summed E-state index contributed by atoms with van der Waals surface area (Å²) in [5, 5.41) is 0. The van der Waals surface area contributed by atoms with E-state index in [0.29, 0.717) is 44.0 Å². The molecule has 1 aliphatic heterocycles. The lowest BCUT2D eigenvalue weighted by molar-refractivity contribution is -0.118. The van der Waals surface area contributed by atoms with E-state index < -0.39 is 10.0 Å². The summed E-state index contributed by atoms with van der Waals surface area (Å²) in [4.78, 5) is 25.7. The maximum atomic E-state index is 12.9. The molecule has 0 radical (unpaired) electrons. The number of nitrogens with one attached hydrogen (secondary N) is 1. The number of sulfonamides is 1. The van der Waals surface area contributed by atoms with Crippen LogP contribution >= 0.6 is 0 Å². The summed E-state index contributed by atoms with van der Waals surface area (Å²) >= 11 is 0. The van der Waals surface area contributed by atoms with Gasteiger partial charge in [-0.2, -0.15) is 0 Å². The minimum atomic E-state index is -3.60. The highest BCUT2D eigenvalue weighted by atomic mass is 32.2. The topological polar surface area (TPSA) is 110 Å². The minimum Gasteiger partial charge on any atom is -0.370 e. The zero-order valence-corrected chi connectivity index (χ0v) is 16.2. The Balaban J connectivity index is 1.66. The normalized spacial score (nSPS) is 20.4. The average molecular weight is 394 g/mol. The number of nitrogens with two attached hydrogens (primary N) is 1. The Kier molecular flexibility index (Phi) is 6.16. The fourth-order valence-corrected chi connectivity index (χ4v) is 4.60. The molecule has 1 heterocycles. The van der Waals surface area contributed by atoms with Crippen molar-refractivity contribution in [3.63, 3.8) is 0 Å². The maximum Gasteiger partial charge on any atom is 0.253 e. The van der Waals surface area contributed by atoms with Crippen molar-refractivity contribution in [1.82, 2.24) is 9.62 Å². The number of carbonyl (C=O) groups excluding carboxylic acids is 2. The second kappa shape index (κ2) is 8.39. The number of carbonyl (C=O) groups is 2. The molecule has 1 aliphatic carbocycles. The number of amides is 2. The summed E-state index contributed by atoms with van der Waals surface area (Å²) in [6, 6.07) is 6.21. The van der Waals surface area contributed by atoms with Gasteiger partial charge in [0.15, 0.2) is 0 Å². The molecule has 27 heavy (non-hydrogen) atoms. The third kappa shape index (κ3) is 5.52. The first-order valence-corrected chi connectivity index (χ1v) is 11.0. The van der Waals surface area contributed by atoms with Gasteiger partial charge in [0.25, 0.3) is 5.91 Å². The van der Waals surface area contributed by atoms with E-state index in [2.05, 4.69) is 4.72 Å². The van der Waals surface area contributed by atoms with E-state index in [9.17, 15) is 18.0 Å². The van der Waals surface area contributed by atoms with E-state index in [4.69, 9.17) is 5.73 Å². The molecule has 3 rings (SSSR count). The van der Waals surface area contributed by atoms with Gasteiger partial charge in [-0.3, -0.25) is 9.59 Å². The molecule has 8 heteroatoms. The third-order valence-electron chi connectivity index (χ3n) is 5.26. The van der Waals surface area contributed by atoms with Gasteiger partial charge < -0.3 is 10.6 Å². The summed E-state index contributed by atoms with van der Waals surface area (Å²) < 4.78 is 27.5. The molecule has 1 saturated carbocycles. The largest absolute Gasteiger partial charge is 0.370 e. The molecule has 1 aromatic rings. The number of benzene rings is 1. The van der Waals surface area contributed by atoms with Gasteiger partial charge in [-0.05, 0) is 62.1 Å². The van der Waals surface area contributed by atoms with Gasteiger partial charge in [-0.15, -0.1) is 0 Å². The standard InChI is InChI=1S/C19H27N3O4S/c20-18(23)9-8-15-3-2-10-22(13-15)19(24)16-4-1-5-17(11-16)27(25,26)21-12-14-6-7-14/h1,4-5,11,14-15,21H,2-3,6-10,12-13H2,(H2,20,23). The van der Waals surface area contributed by atoms with Crippen LogP contribution in [0.25, 0.3) is 0 Å². The highest BCUT2D eigenvalue weighted by Crippen LogP contribution is 2.28. The summed E-state index contributed by atoms with van der Waals surface area (Å²) in [7, 11) is -3.60. The lowest BCUT2D eigenvalue weighted by Crippen LogP contribution is -2.40. The van der Waals surface area contributed by atoms with Crippen LogP contribution in [0.2, 0.25) is 0 Å². The second-order valence-electron chi connectivity index (χ2n) is 7.59. The van der Waals surface area contributed by atoms with Crippen LogP contribution in [-0.2, 0) is 14.8 Å². The summed E-state index contributed by atoms with van der Waals surface area (Å²) in [6.45, 7) is 1.67. The van der Waals surface area contributed by atoms with Crippen LogP contribution in [0.1, 0.15) is 48.9 Å². The molecule has 1 aromatic carbocycles. The van der Waals surface area contributed by atoms with Gasteiger partial charge in [-0.1, -0.05) is 6.07 Å². The van der Waals surface area contributed by atoms with Crippen LogP contribution in [0.15, 0.2) is 29.2 Å². The Morgan fingerprint density at radius 3 is 2.67 bits per heavy atom. The Hall–Kier alpha value is -1.93. The quantitative estimate of drug-likeness (QED) is 0.697. The van der Waals surface area contributed by atoms with Crippen molar-refractivity contribution in [2.75, 3.05) is 19.6 Å². The van der Waals surface area contributed by atoms with Crippen LogP contribution < -0.4 is 10.5 Å². The molecule has 2 fully saturated rings. The Labute approximate surface area is 160 Å². The first-order valence-electron chi connectivity index (χ1n) is 9.52. The van der Waals surface area contributed by atoms with Crippen molar-refractivity contribution in [3.8, 4) is 0 Å². The van der Waals surface area contributed by atoms with Gasteiger partial charge in [0.1, 0.15) is 0 Å². The fourth-order valence-electron chi connectivity index (χ4n) is 3.44. The van der Waals surface area contributed by atoms with Crippen LogP contribution in [0.4, 0.5) is 0 Å². The first kappa shape index (κ1) is 19.8. The molecule has 7 nitrogen and oxygen atoms in total. The van der Waals surface area contributed by atoms with Gasteiger partial charge >= 0.3 is 0 Å². The highest BCUT2D eigenvalue weighted by molar-refractivity contribution is 7.89. The van der Waals surface area contributed by atoms with Gasteiger partial charge in [-0.25, -0.2) is 13.1 Å². The molecule has 0 spiro atoms. The number of hydrogen-bond donors (Lipinski definition) is 2. The Bertz CT molecular complexity index is 805. The number of rotatable bonds is 8. The van der Waals surface area contributed by atoms with E-state index in [1.807, 2.05) is 0 Å². The number of hydrogen-bond acceptors (Lipinski definition) is 4. The van der Waals surface area contributed by atoms with Crippen molar-refractivity contribution < 1.29 is 18.0 Å². The van der Waals surface area contributed by atoms with Crippen molar-refractivity contribution in [1.29, 1.82) is 0 Å². The molecular formula is C19H27N3O4S. The molecule has 2 amide bonds. The molecule has 0 aromatic heterocycles. The number of nitrogens with zero attached hydrogens (tertiary/aromatic N) is 1. The Morgan fingerprint density at radius 2 is 1.96 bits per heavy atom. The lowest BCUT2D eigenvalue weighted by atomic mass is 9.93. The first-order chi connectivity index (χ1) is 12.8. The molecule has 1 unspecified atom stereocenters. The molecule has 1 saturated heterocycles. The van der Waals surface area contributed by atoms with E-state index in [0.717, 1.165) is 25.7 Å². The number of primary amides is 1. The Morgan fingerprint density at radius 1 is 1.19 bits per heavy atom. The van der Waals surface area contributed by atoms with Crippen LogP contribution in [-0.4, -0.2) is 44.8 Å². The highest BCUT2D eigenvalue weighted by Gasteiger charge is 2.27. The zero-order valence-electron chi connectivity index (χ0n) is 15.4. The van der Waals surface area contributed by atoms with Gasteiger partial charge in [0.2, 0.25) is 15.9 Å². The maximum absolute atomic E-state index is 12.9. The zero-order chi connectivity index (χ0) is 19.4. The molecule has 3 N–H and O–H groups in total. The van der Waals surface area contributed by atoms with Crippen LogP contribution in [0.3, 0.4) is 0 Å². The number of likely N-dealkylation sites (tertiary alicyclic amines) is 1. The predicted octanol–water partition coefficient (Wildman–Crippen LogP) is 1.49. The van der Waals surface area contributed by atoms with Crippen molar-refractivity contribution in [3.05, 3.63) is 29.8 Å². The van der Waals surface area contributed by atoms with Crippen molar-refractivity contribution >= 4 is 21.8 Å². The average Bonchev–Trinajstić information content (AvgIpc) is 3.49. The third-order valence-corrected chi connectivity index (χ3v) is 6.68. The number of piperidine rings is 1. The van der Waals surface area contributed by atoms with Crippen LogP contribution in [0, 0.1) is 11.8 Å². The molecule has 0 bridgehead atoms. The minimum absolute atomic E-state index is 0.122. The predicted molar refractivity (Wildman–Crippen MR) is 101 cm³/mol. The van der Waals surface area contributed by atoms with Gasteiger partial charge in [0, 0.05) is 31.6 Å². The lowest BCUT2D eigenvalue weighted by Gasteiger charge is -2.32. The summed E-state index contributed by atoms with van der Waals surface area (Å²) in [5.74, 6) is 0.200.